The molecule has 3 rings (SSSR count). The Hall–Kier alpha value is -2.66. The normalized spacial score (nSPS) is 11.2. The molecule has 0 aliphatic rings. The smallest absolute Gasteiger partial charge is 0.255 e. The van der Waals surface area contributed by atoms with E-state index in [1.807, 2.05) is 49.4 Å². The minimum absolute atomic E-state index is 0.141. The molecule has 134 valence electrons. The Balaban J connectivity index is 1.65. The lowest BCUT2D eigenvalue weighted by atomic mass is 10.2. The highest BCUT2D eigenvalue weighted by atomic mass is 32.1. The summed E-state index contributed by atoms with van der Waals surface area (Å²) < 4.78 is 6.72. The fourth-order valence-electron chi connectivity index (χ4n) is 2.54. The lowest BCUT2D eigenvalue weighted by molar-refractivity contribution is 0.102. The van der Waals surface area contributed by atoms with E-state index >= 15 is 0 Å². The van der Waals surface area contributed by atoms with Gasteiger partial charge in [-0.1, -0.05) is 31.6 Å². The molecule has 5 heteroatoms. The van der Waals surface area contributed by atoms with Crippen molar-refractivity contribution in [2.45, 2.75) is 26.7 Å². The standard InChI is InChI=1S/C21H22N2O2S/c1-3-4-5-6-12-25-18-9-7-8-17(14-18)23-21(24)16-10-11-19-20(13-16)26-15(2)22-19/h5-11,13-14H,3-4,12H2,1-2H3,(H,23,24). The van der Waals surface area contributed by atoms with Gasteiger partial charge in [-0.3, -0.25) is 4.79 Å². The van der Waals surface area contributed by atoms with Crippen molar-refractivity contribution in [3.05, 3.63) is 65.2 Å². The number of hydrogen-bond acceptors (Lipinski definition) is 4. The van der Waals surface area contributed by atoms with Gasteiger partial charge in [-0.2, -0.15) is 0 Å². The van der Waals surface area contributed by atoms with E-state index in [-0.39, 0.29) is 5.91 Å². The molecule has 1 N–H and O–H groups in total. The van der Waals surface area contributed by atoms with Gasteiger partial charge in [0.15, 0.2) is 0 Å². The molecule has 0 radical (unpaired) electrons. The number of benzene rings is 2. The van der Waals surface area contributed by atoms with E-state index in [1.165, 1.54) is 0 Å². The van der Waals surface area contributed by atoms with Gasteiger partial charge in [0.1, 0.15) is 12.4 Å². The number of carbonyl (C=O) groups excluding carboxylic acids is 1. The Bertz CT molecular complexity index is 931. The third-order valence-corrected chi connectivity index (χ3v) is 4.75. The molecular formula is C21H22N2O2S. The number of fused-ring (bicyclic) bond motifs is 1. The Morgan fingerprint density at radius 1 is 1.23 bits per heavy atom. The number of nitrogens with one attached hydrogen (secondary N) is 1. The highest BCUT2D eigenvalue weighted by molar-refractivity contribution is 7.18. The summed E-state index contributed by atoms with van der Waals surface area (Å²) in [4.78, 5) is 17.0. The first-order valence-electron chi connectivity index (χ1n) is 8.72. The number of aromatic nitrogens is 1. The number of allylic oxidation sites excluding steroid dienone is 1. The van der Waals surface area contributed by atoms with Gasteiger partial charge < -0.3 is 10.1 Å². The Labute approximate surface area is 157 Å². The van der Waals surface area contributed by atoms with E-state index in [0.29, 0.717) is 17.9 Å². The fourth-order valence-corrected chi connectivity index (χ4v) is 3.41. The number of aryl methyl sites for hydroxylation is 1. The van der Waals surface area contributed by atoms with Crippen LogP contribution in [0.5, 0.6) is 5.75 Å². The first-order valence-corrected chi connectivity index (χ1v) is 9.54. The van der Waals surface area contributed by atoms with Crippen molar-refractivity contribution in [3.63, 3.8) is 0 Å². The van der Waals surface area contributed by atoms with Crippen LogP contribution in [0.2, 0.25) is 0 Å². The number of thiazole rings is 1. The number of rotatable bonds is 7. The van der Waals surface area contributed by atoms with Crippen LogP contribution < -0.4 is 10.1 Å². The van der Waals surface area contributed by atoms with Crippen LogP contribution >= 0.6 is 11.3 Å². The van der Waals surface area contributed by atoms with Crippen molar-refractivity contribution in [1.82, 2.24) is 4.98 Å². The van der Waals surface area contributed by atoms with E-state index < -0.39 is 0 Å². The van der Waals surface area contributed by atoms with Crippen LogP contribution in [0.3, 0.4) is 0 Å². The molecular weight excluding hydrogens is 344 g/mol. The van der Waals surface area contributed by atoms with Gasteiger partial charge in [0.05, 0.1) is 15.2 Å². The SMILES string of the molecule is CCCC=CCOc1cccc(NC(=O)c2ccc3nc(C)sc3c2)c1. The third-order valence-electron chi connectivity index (χ3n) is 3.82. The van der Waals surface area contributed by atoms with Gasteiger partial charge in [0.25, 0.3) is 5.91 Å². The predicted octanol–water partition coefficient (Wildman–Crippen LogP) is 5.59. The largest absolute Gasteiger partial charge is 0.489 e. The highest BCUT2D eigenvalue weighted by Gasteiger charge is 2.09. The summed E-state index contributed by atoms with van der Waals surface area (Å²) >= 11 is 1.59. The van der Waals surface area contributed by atoms with Crippen molar-refractivity contribution in [2.75, 3.05) is 11.9 Å². The van der Waals surface area contributed by atoms with E-state index in [9.17, 15) is 4.79 Å². The molecule has 0 saturated heterocycles. The highest BCUT2D eigenvalue weighted by Crippen LogP contribution is 2.23. The quantitative estimate of drug-likeness (QED) is 0.554. The van der Waals surface area contributed by atoms with E-state index in [4.69, 9.17) is 4.74 Å². The minimum atomic E-state index is -0.141. The lowest BCUT2D eigenvalue weighted by Gasteiger charge is -2.08. The molecule has 1 heterocycles. The summed E-state index contributed by atoms with van der Waals surface area (Å²) in [6, 6.07) is 13.0. The van der Waals surface area contributed by atoms with Gasteiger partial charge in [-0.15, -0.1) is 11.3 Å². The number of carbonyl (C=O) groups is 1. The molecule has 0 atom stereocenters. The van der Waals surface area contributed by atoms with Crippen molar-refractivity contribution in [1.29, 1.82) is 0 Å². The van der Waals surface area contributed by atoms with Crippen LogP contribution in [-0.2, 0) is 0 Å². The molecule has 26 heavy (non-hydrogen) atoms. The van der Waals surface area contributed by atoms with E-state index in [2.05, 4.69) is 23.3 Å². The summed E-state index contributed by atoms with van der Waals surface area (Å²) in [7, 11) is 0. The Morgan fingerprint density at radius 2 is 2.12 bits per heavy atom. The molecule has 4 nitrogen and oxygen atoms in total. The van der Waals surface area contributed by atoms with Gasteiger partial charge in [0.2, 0.25) is 0 Å². The summed E-state index contributed by atoms with van der Waals surface area (Å²) in [5.74, 6) is 0.593. The van der Waals surface area contributed by atoms with Crippen molar-refractivity contribution >= 4 is 33.1 Å². The zero-order chi connectivity index (χ0) is 18.4. The summed E-state index contributed by atoms with van der Waals surface area (Å²) in [5, 5.41) is 3.92. The molecule has 0 bridgehead atoms. The van der Waals surface area contributed by atoms with Gasteiger partial charge in [-0.25, -0.2) is 4.98 Å². The van der Waals surface area contributed by atoms with Gasteiger partial charge >= 0.3 is 0 Å². The maximum atomic E-state index is 12.5. The molecule has 3 aromatic rings. The monoisotopic (exact) mass is 366 g/mol. The second-order valence-electron chi connectivity index (χ2n) is 5.97. The number of anilines is 1. The maximum Gasteiger partial charge on any atom is 0.255 e. The van der Waals surface area contributed by atoms with E-state index in [0.717, 1.165) is 33.8 Å². The molecule has 0 unspecified atom stereocenters. The summed E-state index contributed by atoms with van der Waals surface area (Å²) in [6.45, 7) is 4.64. The fraction of sp³-hybridized carbons (Fsp3) is 0.238. The zero-order valence-electron chi connectivity index (χ0n) is 15.0. The molecule has 0 saturated carbocycles. The number of unbranched alkanes of at least 4 members (excludes halogenated alkanes) is 1. The number of amides is 1. The first kappa shape index (κ1) is 18.1. The van der Waals surface area contributed by atoms with Crippen molar-refractivity contribution in [2.24, 2.45) is 0 Å². The maximum absolute atomic E-state index is 12.5. The van der Waals surface area contributed by atoms with Crippen molar-refractivity contribution in [3.8, 4) is 5.75 Å². The van der Waals surface area contributed by atoms with Gasteiger partial charge in [0, 0.05) is 17.3 Å². The number of nitrogens with zero attached hydrogens (tertiary/aromatic N) is 1. The first-order chi connectivity index (χ1) is 12.7. The van der Waals surface area contributed by atoms with Crippen LogP contribution in [0.4, 0.5) is 5.69 Å². The van der Waals surface area contributed by atoms with Crippen LogP contribution in [-0.4, -0.2) is 17.5 Å². The molecule has 1 aromatic heterocycles. The molecule has 1 amide bonds. The average Bonchev–Trinajstić information content (AvgIpc) is 3.01. The Kier molecular flexibility index (Phi) is 6.02. The second-order valence-corrected chi connectivity index (χ2v) is 7.20. The van der Waals surface area contributed by atoms with Crippen LogP contribution in [0.25, 0.3) is 10.2 Å². The molecule has 0 aliphatic heterocycles. The predicted molar refractivity (Wildman–Crippen MR) is 108 cm³/mol. The molecule has 0 spiro atoms. The van der Waals surface area contributed by atoms with Crippen molar-refractivity contribution < 1.29 is 9.53 Å². The van der Waals surface area contributed by atoms with Crippen LogP contribution in [0.15, 0.2) is 54.6 Å². The third kappa shape index (κ3) is 4.70. The number of hydrogen-bond donors (Lipinski definition) is 1. The second kappa shape index (κ2) is 8.63. The van der Waals surface area contributed by atoms with Crippen LogP contribution in [0, 0.1) is 6.92 Å². The summed E-state index contributed by atoms with van der Waals surface area (Å²) in [5.41, 5.74) is 2.26. The van der Waals surface area contributed by atoms with Gasteiger partial charge in [-0.05, 0) is 43.7 Å². The molecule has 0 aliphatic carbocycles. The van der Waals surface area contributed by atoms with E-state index in [1.54, 1.807) is 17.4 Å². The average molecular weight is 366 g/mol. The minimum Gasteiger partial charge on any atom is -0.489 e. The molecule has 2 aromatic carbocycles. The zero-order valence-corrected chi connectivity index (χ0v) is 15.8. The number of ether oxygens (including phenoxy) is 1. The van der Waals surface area contributed by atoms with Crippen LogP contribution in [0.1, 0.15) is 35.1 Å². The lowest BCUT2D eigenvalue weighted by Crippen LogP contribution is -2.11. The summed E-state index contributed by atoms with van der Waals surface area (Å²) in [6.07, 6.45) is 6.32. The Morgan fingerprint density at radius 3 is 2.96 bits per heavy atom. The molecule has 0 fully saturated rings. The topological polar surface area (TPSA) is 51.2 Å².